The van der Waals surface area contributed by atoms with Crippen LogP contribution in [0.2, 0.25) is 0 Å². The molecule has 0 amide bonds. The van der Waals surface area contributed by atoms with Crippen molar-refractivity contribution in [3.8, 4) is 142 Å². The van der Waals surface area contributed by atoms with Crippen LogP contribution in [0.4, 0.5) is 0 Å². The summed E-state index contributed by atoms with van der Waals surface area (Å²) in [7, 11) is 0. The second-order valence-electron chi connectivity index (χ2n) is 34.0. The molecule has 17 aromatic carbocycles. The van der Waals surface area contributed by atoms with Crippen LogP contribution in [0.5, 0.6) is 0 Å². The molecule has 6 heterocycles. The van der Waals surface area contributed by atoms with Crippen molar-refractivity contribution in [3.63, 3.8) is 0 Å². The molecule has 2 aliphatic rings. The van der Waals surface area contributed by atoms with Gasteiger partial charge in [0.25, 0.3) is 0 Å². The van der Waals surface area contributed by atoms with Gasteiger partial charge in [0.15, 0.2) is 52.4 Å². The maximum Gasteiger partial charge on any atom is 0.164 e. The Kier molecular flexibility index (Phi) is 19.0. The number of aromatic nitrogens is 12. The molecule has 12 nitrogen and oxygen atoms in total. The van der Waals surface area contributed by atoms with E-state index in [-0.39, 0.29) is 10.8 Å². The molecule has 6 aromatic heterocycles. The zero-order chi connectivity index (χ0) is 86.3. The Hall–Kier alpha value is -16.8. The number of hydrogen-bond donors (Lipinski definition) is 0. The van der Waals surface area contributed by atoms with Crippen molar-refractivity contribution in [1.29, 1.82) is 0 Å². The van der Waals surface area contributed by atoms with Gasteiger partial charge in [-0.1, -0.05) is 343 Å². The van der Waals surface area contributed by atoms with E-state index in [1.54, 1.807) is 0 Å². The molecule has 0 bridgehead atoms. The van der Waals surface area contributed by atoms with E-state index in [0.717, 1.165) is 67.1 Å². The molecule has 610 valence electrons. The third-order valence-corrected chi connectivity index (χ3v) is 25.6. The van der Waals surface area contributed by atoms with E-state index in [2.05, 4.69) is 284 Å². The van der Waals surface area contributed by atoms with Gasteiger partial charge in [0.05, 0.1) is 33.1 Å². The predicted octanol–water partition coefficient (Wildman–Crippen LogP) is 28.5. The van der Waals surface area contributed by atoms with E-state index < -0.39 is 0 Å². The molecule has 0 saturated carbocycles. The zero-order valence-corrected chi connectivity index (χ0v) is 71.3. The first-order valence-corrected chi connectivity index (χ1v) is 43.7. The monoisotopic (exact) mass is 1650 g/mol. The van der Waals surface area contributed by atoms with Crippen molar-refractivity contribution in [1.82, 2.24) is 58.6 Å². The van der Waals surface area contributed by atoms with Crippen molar-refractivity contribution in [2.24, 2.45) is 0 Å². The van der Waals surface area contributed by atoms with Crippen LogP contribution in [0.25, 0.3) is 207 Å². The van der Waals surface area contributed by atoms with E-state index in [1.807, 2.05) is 182 Å². The number of benzene rings is 17. The minimum atomic E-state index is -0.0875. The first-order chi connectivity index (χ1) is 63.5. The standard InChI is InChI=1S/2C42H30N4.C33H22N4/c1-42(2)35-22-11-9-20-31(35)33-25-34-32-21-10-12-23-37(32)46(38(34)26-36(33)42)30-19-13-18-29(24-30)41-44-39(27-14-5-3-6-15-27)43-40(45-41)28-16-7-4-8-17-28;1-42(2)35-19-11-9-17-31(35)33-25-34-32-18-10-12-20-37(32)46(38(34)26-36(33)42)30-23-21-29(22-24-30)41-44-39(27-13-5-3-6-14-27)43-40(45-41)28-15-7-4-8-16-28;1-3-11-23(12-4-1)31-34-32(24-13-5-2-6-14-24)36-33(35-31)25-19-21-26(22-20-25)37-29-17-9-7-15-27(29)28-16-8-10-18-30(28)37/h2*3-26H,1-2H3;1-22H. The summed E-state index contributed by atoms with van der Waals surface area (Å²) in [4.78, 5) is 44.2. The van der Waals surface area contributed by atoms with E-state index in [4.69, 9.17) is 44.9 Å². The Labute approximate surface area is 746 Å². The van der Waals surface area contributed by atoms with Crippen molar-refractivity contribution < 1.29 is 0 Å². The molecule has 0 spiro atoms. The summed E-state index contributed by atoms with van der Waals surface area (Å²) in [5, 5.41) is 7.52. The predicted molar refractivity (Wildman–Crippen MR) is 527 cm³/mol. The van der Waals surface area contributed by atoms with Crippen LogP contribution < -0.4 is 0 Å². The highest BCUT2D eigenvalue weighted by Gasteiger charge is 2.38. The Morgan fingerprint density at radius 3 is 0.698 bits per heavy atom. The Morgan fingerprint density at radius 1 is 0.155 bits per heavy atom. The molecular weight excluding hydrogens is 1570 g/mol. The molecule has 0 saturated heterocycles. The third kappa shape index (κ3) is 13.7. The van der Waals surface area contributed by atoms with Gasteiger partial charge in [-0.25, -0.2) is 44.9 Å². The molecule has 129 heavy (non-hydrogen) atoms. The van der Waals surface area contributed by atoms with Gasteiger partial charge >= 0.3 is 0 Å². The maximum atomic E-state index is 5.00. The number of para-hydroxylation sites is 4. The molecule has 0 aliphatic heterocycles. The van der Waals surface area contributed by atoms with Gasteiger partial charge in [-0.2, -0.15) is 0 Å². The summed E-state index contributed by atoms with van der Waals surface area (Å²) < 4.78 is 7.10. The number of nitrogens with zero attached hydrogens (tertiary/aromatic N) is 12. The van der Waals surface area contributed by atoms with Gasteiger partial charge in [0.1, 0.15) is 0 Å². The summed E-state index contributed by atoms with van der Waals surface area (Å²) in [5.74, 6) is 5.91. The van der Waals surface area contributed by atoms with Crippen LogP contribution in [0, 0.1) is 0 Å². The minimum Gasteiger partial charge on any atom is -0.309 e. The highest BCUT2D eigenvalue weighted by molar-refractivity contribution is 6.14. The van der Waals surface area contributed by atoms with Crippen LogP contribution >= 0.6 is 0 Å². The highest BCUT2D eigenvalue weighted by Crippen LogP contribution is 2.53. The van der Waals surface area contributed by atoms with E-state index in [9.17, 15) is 0 Å². The van der Waals surface area contributed by atoms with E-state index in [0.29, 0.717) is 52.4 Å². The quantitative estimate of drug-likeness (QED) is 0.117. The Bertz CT molecular complexity index is 8030. The van der Waals surface area contributed by atoms with Crippen molar-refractivity contribution in [2.75, 3.05) is 0 Å². The van der Waals surface area contributed by atoms with Crippen LogP contribution in [-0.2, 0) is 10.8 Å². The lowest BCUT2D eigenvalue weighted by Gasteiger charge is -2.21. The van der Waals surface area contributed by atoms with Crippen LogP contribution in [-0.4, -0.2) is 58.6 Å². The van der Waals surface area contributed by atoms with Gasteiger partial charge in [-0.05, 0) is 154 Å². The van der Waals surface area contributed by atoms with Crippen LogP contribution in [0.3, 0.4) is 0 Å². The zero-order valence-electron chi connectivity index (χ0n) is 71.3. The van der Waals surface area contributed by atoms with E-state index >= 15 is 0 Å². The number of hydrogen-bond acceptors (Lipinski definition) is 9. The average Bonchev–Trinajstić information content (AvgIpc) is 1.55. The first kappa shape index (κ1) is 77.0. The molecular formula is C117H82N12. The largest absolute Gasteiger partial charge is 0.309 e. The fourth-order valence-corrected chi connectivity index (χ4v) is 19.2. The smallest absolute Gasteiger partial charge is 0.164 e. The molecule has 0 fully saturated rings. The van der Waals surface area contributed by atoms with Gasteiger partial charge in [0.2, 0.25) is 0 Å². The van der Waals surface area contributed by atoms with Gasteiger partial charge in [0, 0.05) is 110 Å². The molecule has 0 unspecified atom stereocenters. The summed E-state index contributed by atoms with van der Waals surface area (Å²) in [6.07, 6.45) is 0. The SMILES string of the molecule is CC1(C)c2ccccc2-c2cc3c4ccccc4n(-c4ccc(-c5nc(-c6ccccc6)nc(-c6ccccc6)n5)cc4)c3cc21.CC1(C)c2ccccc2-c2cc3c4ccccc4n(-c4cccc(-c5nc(-c6ccccc6)nc(-c6ccccc6)n5)c4)c3cc21.c1ccc(-c2nc(-c3ccccc3)nc(-c3ccc(-n4c5ccccc5c5ccccc54)cc3)n2)cc1. The molecule has 12 heteroatoms. The van der Waals surface area contributed by atoms with Gasteiger partial charge in [-0.15, -0.1) is 0 Å². The maximum absolute atomic E-state index is 5.00. The lowest BCUT2D eigenvalue weighted by molar-refractivity contribution is 0.661. The normalized spacial score (nSPS) is 12.6. The fraction of sp³-hybridized carbons (Fsp3) is 0.0513. The summed E-state index contributed by atoms with van der Waals surface area (Å²) in [6.45, 7) is 9.36. The number of rotatable bonds is 12. The molecule has 2 aliphatic carbocycles. The second kappa shape index (κ2) is 31.7. The van der Waals surface area contributed by atoms with E-state index in [1.165, 1.54) is 110 Å². The van der Waals surface area contributed by atoms with Gasteiger partial charge in [-0.3, -0.25) is 0 Å². The lowest BCUT2D eigenvalue weighted by atomic mass is 9.82. The molecule has 0 atom stereocenters. The molecule has 23 aromatic rings. The molecule has 25 rings (SSSR count). The third-order valence-electron chi connectivity index (χ3n) is 25.6. The van der Waals surface area contributed by atoms with Crippen LogP contribution in [0.15, 0.2) is 425 Å². The Balaban J connectivity index is 0.000000111. The topological polar surface area (TPSA) is 131 Å². The lowest BCUT2D eigenvalue weighted by Crippen LogP contribution is -2.15. The summed E-state index contributed by atoms with van der Waals surface area (Å²) in [6, 6.07) is 148. The molecule has 0 N–H and O–H groups in total. The second-order valence-corrected chi connectivity index (χ2v) is 34.0. The minimum absolute atomic E-state index is 0.0726. The van der Waals surface area contributed by atoms with Crippen molar-refractivity contribution >= 4 is 65.4 Å². The summed E-state index contributed by atoms with van der Waals surface area (Å²) >= 11 is 0. The van der Waals surface area contributed by atoms with Crippen molar-refractivity contribution in [2.45, 2.75) is 38.5 Å². The number of fused-ring (bicyclic) bond motifs is 15. The fourth-order valence-electron chi connectivity index (χ4n) is 19.2. The first-order valence-electron chi connectivity index (χ1n) is 43.7. The highest BCUT2D eigenvalue weighted by atomic mass is 15.1. The summed E-state index contributed by atoms with van der Waals surface area (Å²) in [5.41, 5.74) is 29.7. The molecule has 0 radical (unpaired) electrons. The van der Waals surface area contributed by atoms with Crippen molar-refractivity contribution in [3.05, 3.63) is 447 Å². The Morgan fingerprint density at radius 2 is 0.388 bits per heavy atom. The average molecular weight is 1660 g/mol. The van der Waals surface area contributed by atoms with Crippen LogP contribution in [0.1, 0.15) is 49.9 Å². The van der Waals surface area contributed by atoms with Gasteiger partial charge < -0.3 is 13.7 Å².